The zero-order valence-corrected chi connectivity index (χ0v) is 21.3. The number of aliphatic imine (C=N–C) groups is 1. The molecule has 2 aromatic carbocycles. The van der Waals surface area contributed by atoms with E-state index in [4.69, 9.17) is 4.74 Å². The van der Waals surface area contributed by atoms with Crippen molar-refractivity contribution in [2.24, 2.45) is 10.9 Å². The molecule has 3 aromatic rings. The summed E-state index contributed by atoms with van der Waals surface area (Å²) in [5, 5.41) is 6.70. The molecular weight excluding hydrogens is 532 g/mol. The van der Waals surface area contributed by atoms with E-state index in [9.17, 15) is 4.39 Å². The van der Waals surface area contributed by atoms with E-state index in [2.05, 4.69) is 51.8 Å². The lowest BCUT2D eigenvalue weighted by Gasteiger charge is -2.32. The van der Waals surface area contributed by atoms with Crippen molar-refractivity contribution in [1.29, 1.82) is 0 Å². The van der Waals surface area contributed by atoms with Crippen molar-refractivity contribution in [1.82, 2.24) is 20.2 Å². The van der Waals surface area contributed by atoms with E-state index < -0.39 is 0 Å². The molecule has 0 saturated carbocycles. The molecule has 0 amide bonds. The lowest BCUT2D eigenvalue weighted by atomic mass is 9.89. The van der Waals surface area contributed by atoms with Crippen LogP contribution in [-0.4, -0.2) is 35.7 Å². The third kappa shape index (κ3) is 6.54. The topological polar surface area (TPSA) is 63.5 Å². The van der Waals surface area contributed by atoms with Crippen LogP contribution in [0.4, 0.5) is 4.39 Å². The highest BCUT2D eigenvalue weighted by Crippen LogP contribution is 2.33. The van der Waals surface area contributed by atoms with Gasteiger partial charge in [0.1, 0.15) is 5.82 Å². The molecule has 2 atom stereocenters. The van der Waals surface area contributed by atoms with Gasteiger partial charge in [-0.25, -0.2) is 9.37 Å². The molecule has 8 heteroatoms. The standard InChI is InChI=1S/C25H30FN5O.HI/c1-18-5-8-20(9-6-18)24-21(4-3-13-32-24)16-30-25(27-2)29-15-19-7-10-23(22(26)14-19)31-12-11-28-17-31;/h5-12,14,17,21,24H,3-4,13,15-16H2,1-2H3,(H2,27,29,30);1H. The van der Waals surface area contributed by atoms with Gasteiger partial charge in [0.2, 0.25) is 0 Å². The maximum Gasteiger partial charge on any atom is 0.191 e. The molecule has 1 fully saturated rings. The first kappa shape index (κ1) is 25.2. The van der Waals surface area contributed by atoms with Crippen LogP contribution in [0.2, 0.25) is 0 Å². The van der Waals surface area contributed by atoms with Gasteiger partial charge in [-0.1, -0.05) is 35.9 Å². The lowest BCUT2D eigenvalue weighted by molar-refractivity contribution is -0.0265. The van der Waals surface area contributed by atoms with Gasteiger partial charge in [0.15, 0.2) is 5.96 Å². The van der Waals surface area contributed by atoms with Crippen molar-refractivity contribution in [2.75, 3.05) is 20.2 Å². The third-order valence-electron chi connectivity index (χ3n) is 5.86. The summed E-state index contributed by atoms with van der Waals surface area (Å²) in [5.41, 5.74) is 3.79. The fraction of sp³-hybridized carbons (Fsp3) is 0.360. The van der Waals surface area contributed by atoms with Crippen molar-refractivity contribution in [2.45, 2.75) is 32.4 Å². The highest BCUT2D eigenvalue weighted by molar-refractivity contribution is 14.0. The Hall–Kier alpha value is -2.46. The number of imidazole rings is 1. The summed E-state index contributed by atoms with van der Waals surface area (Å²) in [7, 11) is 1.74. The average Bonchev–Trinajstić information content (AvgIpc) is 3.35. The van der Waals surface area contributed by atoms with E-state index in [0.29, 0.717) is 24.1 Å². The summed E-state index contributed by atoms with van der Waals surface area (Å²) in [4.78, 5) is 8.30. The van der Waals surface area contributed by atoms with Gasteiger partial charge in [0.05, 0.1) is 18.1 Å². The van der Waals surface area contributed by atoms with Crippen molar-refractivity contribution in [3.05, 3.63) is 83.7 Å². The summed E-state index contributed by atoms with van der Waals surface area (Å²) in [5.74, 6) is 0.764. The molecule has 1 aromatic heterocycles. The maximum atomic E-state index is 14.5. The fourth-order valence-corrected chi connectivity index (χ4v) is 4.08. The van der Waals surface area contributed by atoms with E-state index in [1.165, 1.54) is 17.2 Å². The molecule has 2 unspecified atom stereocenters. The summed E-state index contributed by atoms with van der Waals surface area (Å²) >= 11 is 0. The smallest absolute Gasteiger partial charge is 0.191 e. The first-order valence-electron chi connectivity index (χ1n) is 11.0. The number of halogens is 2. The Balaban J connectivity index is 0.00000306. The predicted octanol–water partition coefficient (Wildman–Crippen LogP) is 4.77. The van der Waals surface area contributed by atoms with Crippen molar-refractivity contribution < 1.29 is 9.13 Å². The molecule has 0 aliphatic carbocycles. The molecule has 1 aliphatic heterocycles. The largest absolute Gasteiger partial charge is 0.373 e. The molecule has 6 nitrogen and oxygen atoms in total. The van der Waals surface area contributed by atoms with Crippen molar-refractivity contribution in [3.63, 3.8) is 0 Å². The Labute approximate surface area is 211 Å². The number of aromatic nitrogens is 2. The number of benzene rings is 2. The van der Waals surface area contributed by atoms with Gasteiger partial charge in [-0.2, -0.15) is 0 Å². The van der Waals surface area contributed by atoms with E-state index in [0.717, 1.165) is 31.6 Å². The number of rotatable bonds is 6. The molecular formula is C25H31FIN5O. The monoisotopic (exact) mass is 563 g/mol. The Morgan fingerprint density at radius 1 is 1.21 bits per heavy atom. The number of hydrogen-bond donors (Lipinski definition) is 2. The number of hydrogen-bond acceptors (Lipinski definition) is 3. The molecule has 1 aliphatic rings. The first-order chi connectivity index (χ1) is 15.6. The second-order valence-corrected chi connectivity index (χ2v) is 8.17. The summed E-state index contributed by atoms with van der Waals surface area (Å²) in [6.45, 7) is 4.12. The van der Waals surface area contributed by atoms with Gasteiger partial charge in [-0.15, -0.1) is 24.0 Å². The molecule has 0 spiro atoms. The van der Waals surface area contributed by atoms with Crippen LogP contribution in [0.3, 0.4) is 0 Å². The summed E-state index contributed by atoms with van der Waals surface area (Å²) in [6.07, 6.45) is 7.18. The van der Waals surface area contributed by atoms with Crippen LogP contribution in [0, 0.1) is 18.7 Å². The van der Waals surface area contributed by atoms with Crippen LogP contribution >= 0.6 is 24.0 Å². The second-order valence-electron chi connectivity index (χ2n) is 8.17. The molecule has 33 heavy (non-hydrogen) atoms. The number of guanidine groups is 1. The van der Waals surface area contributed by atoms with Crippen LogP contribution in [-0.2, 0) is 11.3 Å². The van der Waals surface area contributed by atoms with Crippen LogP contribution in [0.5, 0.6) is 0 Å². The molecule has 2 heterocycles. The molecule has 176 valence electrons. The van der Waals surface area contributed by atoms with Gasteiger partial charge in [-0.05, 0) is 43.0 Å². The first-order valence-corrected chi connectivity index (χ1v) is 11.0. The minimum atomic E-state index is -0.287. The Morgan fingerprint density at radius 3 is 2.73 bits per heavy atom. The van der Waals surface area contributed by atoms with Gasteiger partial charge in [0.25, 0.3) is 0 Å². The van der Waals surface area contributed by atoms with Crippen LogP contribution < -0.4 is 10.6 Å². The molecule has 2 N–H and O–H groups in total. The van der Waals surface area contributed by atoms with Crippen molar-refractivity contribution in [3.8, 4) is 5.69 Å². The number of nitrogens with one attached hydrogen (secondary N) is 2. The molecule has 0 bridgehead atoms. The van der Waals surface area contributed by atoms with Crippen LogP contribution in [0.25, 0.3) is 5.69 Å². The van der Waals surface area contributed by atoms with Crippen LogP contribution in [0.1, 0.15) is 35.6 Å². The van der Waals surface area contributed by atoms with E-state index >= 15 is 0 Å². The van der Waals surface area contributed by atoms with Gasteiger partial charge in [-0.3, -0.25) is 4.99 Å². The Bertz CT molecular complexity index is 1040. The second kappa shape index (κ2) is 12.1. The van der Waals surface area contributed by atoms with Gasteiger partial charge in [0, 0.05) is 45.1 Å². The molecule has 4 rings (SSSR count). The van der Waals surface area contributed by atoms with E-state index in [1.807, 2.05) is 6.07 Å². The minimum absolute atomic E-state index is 0. The lowest BCUT2D eigenvalue weighted by Crippen LogP contribution is -2.41. The minimum Gasteiger partial charge on any atom is -0.373 e. The summed E-state index contributed by atoms with van der Waals surface area (Å²) < 4.78 is 22.3. The highest BCUT2D eigenvalue weighted by Gasteiger charge is 2.27. The quantitative estimate of drug-likeness (QED) is 0.258. The van der Waals surface area contributed by atoms with Crippen LogP contribution in [0.15, 0.2) is 66.2 Å². The zero-order valence-electron chi connectivity index (χ0n) is 19.0. The fourth-order valence-electron chi connectivity index (χ4n) is 4.08. The van der Waals surface area contributed by atoms with Gasteiger partial charge < -0.3 is 19.9 Å². The number of nitrogens with zero attached hydrogens (tertiary/aromatic N) is 3. The van der Waals surface area contributed by atoms with E-state index in [-0.39, 0.29) is 35.9 Å². The normalized spacial score (nSPS) is 18.5. The SMILES string of the molecule is CN=C(NCc1ccc(-n2ccnc2)c(F)c1)NCC1CCCOC1c1ccc(C)cc1.I. The number of ether oxygens (including phenoxy) is 1. The van der Waals surface area contributed by atoms with Crippen molar-refractivity contribution >= 4 is 29.9 Å². The zero-order chi connectivity index (χ0) is 22.3. The molecule has 0 radical (unpaired) electrons. The average molecular weight is 563 g/mol. The number of aryl methyl sites for hydroxylation is 1. The summed E-state index contributed by atoms with van der Waals surface area (Å²) in [6, 6.07) is 13.8. The molecule has 1 saturated heterocycles. The Kier molecular flexibility index (Phi) is 9.25. The maximum absolute atomic E-state index is 14.5. The van der Waals surface area contributed by atoms with E-state index in [1.54, 1.807) is 36.4 Å². The van der Waals surface area contributed by atoms with Gasteiger partial charge >= 0.3 is 0 Å². The highest BCUT2D eigenvalue weighted by atomic mass is 127. The predicted molar refractivity (Wildman–Crippen MR) is 140 cm³/mol. The third-order valence-corrected chi connectivity index (χ3v) is 5.86. The Morgan fingerprint density at radius 2 is 2.03 bits per heavy atom.